The molecule has 1 amide bonds. The fraction of sp³-hybridized carbons (Fsp3) is 0.333. The molecule has 16 heavy (non-hydrogen) atoms. The second-order valence-electron chi connectivity index (χ2n) is 3.57. The molecule has 0 fully saturated rings. The summed E-state index contributed by atoms with van der Waals surface area (Å²) in [6, 6.07) is 5.17. The van der Waals surface area contributed by atoms with Gasteiger partial charge in [0.15, 0.2) is 0 Å². The van der Waals surface area contributed by atoms with E-state index in [0.717, 1.165) is 5.56 Å². The van der Waals surface area contributed by atoms with Crippen LogP contribution in [0.15, 0.2) is 18.2 Å². The average Bonchev–Trinajstić information content (AvgIpc) is 2.26. The van der Waals surface area contributed by atoms with Crippen molar-refractivity contribution in [2.75, 3.05) is 13.7 Å². The Bertz CT molecular complexity index is 413. The first-order chi connectivity index (χ1) is 7.54. The van der Waals surface area contributed by atoms with Crippen LogP contribution in [0.3, 0.4) is 0 Å². The van der Waals surface area contributed by atoms with E-state index < -0.39 is 0 Å². The van der Waals surface area contributed by atoms with Crippen molar-refractivity contribution in [3.63, 3.8) is 0 Å². The molecule has 4 heteroatoms. The van der Waals surface area contributed by atoms with Crippen molar-refractivity contribution in [1.82, 2.24) is 5.32 Å². The van der Waals surface area contributed by atoms with Gasteiger partial charge in [0.25, 0.3) is 5.91 Å². The lowest BCUT2D eigenvalue weighted by atomic mass is 10.1. The number of carbonyl (C=O) groups excluding carboxylic acids is 2. The molecule has 1 aromatic carbocycles. The van der Waals surface area contributed by atoms with Crippen LogP contribution in [0, 0.1) is 6.92 Å². The SMILES string of the molecule is COc1cc(C(=O)NCC(C)=O)ccc1C. The molecule has 1 N–H and O–H groups in total. The summed E-state index contributed by atoms with van der Waals surface area (Å²) in [5.41, 5.74) is 1.45. The van der Waals surface area contributed by atoms with Crippen molar-refractivity contribution >= 4 is 11.7 Å². The number of hydrogen-bond donors (Lipinski definition) is 1. The quantitative estimate of drug-likeness (QED) is 0.834. The molecular formula is C12H15NO3. The number of carbonyl (C=O) groups is 2. The first kappa shape index (κ1) is 12.2. The van der Waals surface area contributed by atoms with Gasteiger partial charge in [-0.3, -0.25) is 9.59 Å². The van der Waals surface area contributed by atoms with E-state index in [0.29, 0.717) is 11.3 Å². The molecule has 0 aliphatic carbocycles. The summed E-state index contributed by atoms with van der Waals surface area (Å²) in [5, 5.41) is 2.53. The van der Waals surface area contributed by atoms with Crippen LogP contribution in [0.2, 0.25) is 0 Å². The van der Waals surface area contributed by atoms with Crippen LogP contribution in [0.25, 0.3) is 0 Å². The van der Waals surface area contributed by atoms with Crippen molar-refractivity contribution in [2.45, 2.75) is 13.8 Å². The normalized spacial score (nSPS) is 9.69. The Morgan fingerprint density at radius 3 is 2.62 bits per heavy atom. The summed E-state index contributed by atoms with van der Waals surface area (Å²) in [6.07, 6.45) is 0. The minimum Gasteiger partial charge on any atom is -0.496 e. The van der Waals surface area contributed by atoms with Crippen LogP contribution in [0.4, 0.5) is 0 Å². The Balaban J connectivity index is 2.80. The van der Waals surface area contributed by atoms with Crippen LogP contribution < -0.4 is 10.1 Å². The molecule has 0 unspecified atom stereocenters. The highest BCUT2D eigenvalue weighted by Gasteiger charge is 2.08. The van der Waals surface area contributed by atoms with E-state index in [9.17, 15) is 9.59 Å². The lowest BCUT2D eigenvalue weighted by Crippen LogP contribution is -2.28. The zero-order valence-corrected chi connectivity index (χ0v) is 9.66. The van der Waals surface area contributed by atoms with E-state index in [1.807, 2.05) is 13.0 Å². The lowest BCUT2D eigenvalue weighted by molar-refractivity contribution is -0.116. The summed E-state index contributed by atoms with van der Waals surface area (Å²) < 4.78 is 5.11. The topological polar surface area (TPSA) is 55.4 Å². The van der Waals surface area contributed by atoms with Crippen molar-refractivity contribution in [3.05, 3.63) is 29.3 Å². The van der Waals surface area contributed by atoms with Gasteiger partial charge < -0.3 is 10.1 Å². The number of rotatable bonds is 4. The van der Waals surface area contributed by atoms with Gasteiger partial charge >= 0.3 is 0 Å². The summed E-state index contributed by atoms with van der Waals surface area (Å²) in [4.78, 5) is 22.3. The molecule has 4 nitrogen and oxygen atoms in total. The second-order valence-corrected chi connectivity index (χ2v) is 3.57. The van der Waals surface area contributed by atoms with Gasteiger partial charge in [0.05, 0.1) is 13.7 Å². The van der Waals surface area contributed by atoms with E-state index in [4.69, 9.17) is 4.74 Å². The molecule has 0 heterocycles. The van der Waals surface area contributed by atoms with Gasteiger partial charge in [-0.15, -0.1) is 0 Å². The molecule has 0 aliphatic heterocycles. The summed E-state index contributed by atoms with van der Waals surface area (Å²) in [5.74, 6) is 0.316. The standard InChI is InChI=1S/C12H15NO3/c1-8-4-5-10(6-11(8)16-3)12(15)13-7-9(2)14/h4-6H,7H2,1-3H3,(H,13,15). The maximum atomic E-state index is 11.6. The number of ketones is 1. The molecule has 1 rings (SSSR count). The van der Waals surface area contributed by atoms with Crippen molar-refractivity contribution in [2.24, 2.45) is 0 Å². The molecule has 0 saturated heterocycles. The Labute approximate surface area is 94.6 Å². The molecule has 0 aromatic heterocycles. The third-order valence-corrected chi connectivity index (χ3v) is 2.17. The van der Waals surface area contributed by atoms with E-state index in [1.165, 1.54) is 6.92 Å². The third kappa shape index (κ3) is 3.08. The molecule has 0 saturated carbocycles. The number of ether oxygens (including phenoxy) is 1. The van der Waals surface area contributed by atoms with E-state index in [2.05, 4.69) is 5.32 Å². The van der Waals surface area contributed by atoms with Gasteiger partial charge in [0, 0.05) is 5.56 Å². The number of amides is 1. The molecule has 86 valence electrons. The van der Waals surface area contributed by atoms with E-state index in [1.54, 1.807) is 19.2 Å². The highest BCUT2D eigenvalue weighted by atomic mass is 16.5. The van der Waals surface area contributed by atoms with Crippen LogP contribution in [0.5, 0.6) is 5.75 Å². The highest BCUT2D eigenvalue weighted by molar-refractivity contribution is 5.96. The number of Topliss-reactive ketones (excluding diaryl/α,β-unsaturated/α-hetero) is 1. The molecule has 0 bridgehead atoms. The number of benzene rings is 1. The Morgan fingerprint density at radius 1 is 1.38 bits per heavy atom. The van der Waals surface area contributed by atoms with Gasteiger partial charge in [-0.1, -0.05) is 6.07 Å². The van der Waals surface area contributed by atoms with Crippen LogP contribution >= 0.6 is 0 Å². The molecular weight excluding hydrogens is 206 g/mol. The van der Waals surface area contributed by atoms with Gasteiger partial charge in [-0.2, -0.15) is 0 Å². The maximum absolute atomic E-state index is 11.6. The van der Waals surface area contributed by atoms with Crippen molar-refractivity contribution < 1.29 is 14.3 Å². The average molecular weight is 221 g/mol. The zero-order valence-electron chi connectivity index (χ0n) is 9.66. The van der Waals surface area contributed by atoms with Crippen LogP contribution in [-0.4, -0.2) is 25.3 Å². The predicted octanol–water partition coefficient (Wildman–Crippen LogP) is 1.32. The maximum Gasteiger partial charge on any atom is 0.251 e. The number of nitrogens with one attached hydrogen (secondary N) is 1. The van der Waals surface area contributed by atoms with Crippen LogP contribution in [-0.2, 0) is 4.79 Å². The highest BCUT2D eigenvalue weighted by Crippen LogP contribution is 2.18. The monoisotopic (exact) mass is 221 g/mol. The molecule has 1 aromatic rings. The smallest absolute Gasteiger partial charge is 0.251 e. The molecule has 0 radical (unpaired) electrons. The Morgan fingerprint density at radius 2 is 2.06 bits per heavy atom. The number of hydrogen-bond acceptors (Lipinski definition) is 3. The van der Waals surface area contributed by atoms with E-state index in [-0.39, 0.29) is 18.2 Å². The van der Waals surface area contributed by atoms with Gasteiger partial charge in [0.2, 0.25) is 0 Å². The van der Waals surface area contributed by atoms with Crippen molar-refractivity contribution in [3.8, 4) is 5.75 Å². The first-order valence-corrected chi connectivity index (χ1v) is 4.97. The number of aryl methyl sites for hydroxylation is 1. The summed E-state index contributed by atoms with van der Waals surface area (Å²) >= 11 is 0. The van der Waals surface area contributed by atoms with Crippen molar-refractivity contribution in [1.29, 1.82) is 0 Å². The number of methoxy groups -OCH3 is 1. The second kappa shape index (κ2) is 5.30. The molecule has 0 spiro atoms. The lowest BCUT2D eigenvalue weighted by Gasteiger charge is -2.07. The minimum atomic E-state index is -0.270. The third-order valence-electron chi connectivity index (χ3n) is 2.17. The largest absolute Gasteiger partial charge is 0.496 e. The van der Waals surface area contributed by atoms with E-state index >= 15 is 0 Å². The molecule has 0 aliphatic rings. The fourth-order valence-corrected chi connectivity index (χ4v) is 1.27. The Hall–Kier alpha value is -1.84. The van der Waals surface area contributed by atoms with Crippen LogP contribution in [0.1, 0.15) is 22.8 Å². The first-order valence-electron chi connectivity index (χ1n) is 4.97. The predicted molar refractivity (Wildman–Crippen MR) is 60.7 cm³/mol. The Kier molecular flexibility index (Phi) is 4.05. The zero-order chi connectivity index (χ0) is 12.1. The summed E-state index contributed by atoms with van der Waals surface area (Å²) in [6.45, 7) is 3.38. The minimum absolute atomic E-state index is 0.0506. The van der Waals surface area contributed by atoms with Gasteiger partial charge in [-0.05, 0) is 31.5 Å². The van der Waals surface area contributed by atoms with Gasteiger partial charge in [-0.25, -0.2) is 0 Å². The molecule has 0 atom stereocenters. The van der Waals surface area contributed by atoms with Gasteiger partial charge in [0.1, 0.15) is 11.5 Å². The summed E-state index contributed by atoms with van der Waals surface area (Å²) in [7, 11) is 1.56. The fourth-order valence-electron chi connectivity index (χ4n) is 1.27.